The third-order valence-corrected chi connectivity index (χ3v) is 4.02. The first-order chi connectivity index (χ1) is 10.8. The number of hydrogen-bond donors (Lipinski definition) is 1. The van der Waals surface area contributed by atoms with E-state index in [4.69, 9.17) is 9.47 Å². The predicted octanol–water partition coefficient (Wildman–Crippen LogP) is 2.59. The van der Waals surface area contributed by atoms with Crippen LogP contribution in [0.15, 0.2) is 54.6 Å². The van der Waals surface area contributed by atoms with Gasteiger partial charge in [0.15, 0.2) is 6.29 Å². The van der Waals surface area contributed by atoms with Crippen LogP contribution in [-0.4, -0.2) is 36.6 Å². The van der Waals surface area contributed by atoms with Gasteiger partial charge in [-0.25, -0.2) is 0 Å². The largest absolute Gasteiger partial charge is 0.497 e. The van der Waals surface area contributed by atoms with Gasteiger partial charge in [-0.2, -0.15) is 0 Å². The average molecular weight is 299 g/mol. The zero-order valence-corrected chi connectivity index (χ0v) is 12.7. The Morgan fingerprint density at radius 1 is 1.14 bits per heavy atom. The zero-order chi connectivity index (χ0) is 15.4. The van der Waals surface area contributed by atoms with Gasteiger partial charge >= 0.3 is 0 Å². The van der Waals surface area contributed by atoms with Crippen LogP contribution in [-0.2, 0) is 11.3 Å². The van der Waals surface area contributed by atoms with Gasteiger partial charge in [-0.15, -0.1) is 0 Å². The molecular formula is C18H21NO3. The van der Waals surface area contributed by atoms with Gasteiger partial charge in [-0.1, -0.05) is 42.5 Å². The van der Waals surface area contributed by atoms with Crippen molar-refractivity contribution >= 4 is 0 Å². The summed E-state index contributed by atoms with van der Waals surface area (Å²) in [6.07, 6.45) is -0.814. The van der Waals surface area contributed by atoms with Crippen molar-refractivity contribution in [2.45, 2.75) is 18.9 Å². The van der Waals surface area contributed by atoms with E-state index in [-0.39, 0.29) is 6.04 Å². The maximum Gasteiger partial charge on any atom is 0.174 e. The number of morpholine rings is 1. The molecule has 2 atom stereocenters. The number of hydrogen-bond acceptors (Lipinski definition) is 4. The van der Waals surface area contributed by atoms with E-state index in [1.807, 2.05) is 42.5 Å². The Bertz CT molecular complexity index is 585. The fourth-order valence-corrected chi connectivity index (χ4v) is 2.87. The number of aliphatic hydroxyl groups excluding tert-OH is 1. The first-order valence-electron chi connectivity index (χ1n) is 7.49. The maximum absolute atomic E-state index is 10.3. The third kappa shape index (κ3) is 3.30. The lowest BCUT2D eigenvalue weighted by Crippen LogP contribution is -2.44. The molecule has 1 fully saturated rings. The highest BCUT2D eigenvalue weighted by atomic mass is 16.6. The highest BCUT2D eigenvalue weighted by Gasteiger charge is 2.32. The van der Waals surface area contributed by atoms with Crippen molar-refractivity contribution in [1.29, 1.82) is 0 Å². The normalized spacial score (nSPS) is 22.5. The molecule has 2 unspecified atom stereocenters. The SMILES string of the molecule is COc1ccc(C2C(O)OCCN2Cc2ccccc2)cc1. The van der Waals surface area contributed by atoms with Gasteiger partial charge in [0.05, 0.1) is 19.8 Å². The molecule has 0 saturated carbocycles. The summed E-state index contributed by atoms with van der Waals surface area (Å²) >= 11 is 0. The number of rotatable bonds is 4. The summed E-state index contributed by atoms with van der Waals surface area (Å²) in [6.45, 7) is 2.13. The highest BCUT2D eigenvalue weighted by molar-refractivity contribution is 5.30. The molecule has 1 saturated heterocycles. The third-order valence-electron chi connectivity index (χ3n) is 4.02. The maximum atomic E-state index is 10.3. The van der Waals surface area contributed by atoms with Crippen LogP contribution < -0.4 is 4.74 Å². The molecule has 3 rings (SSSR count). The zero-order valence-electron chi connectivity index (χ0n) is 12.7. The molecule has 2 aromatic rings. The lowest BCUT2D eigenvalue weighted by atomic mass is 10.0. The minimum atomic E-state index is -0.814. The van der Waals surface area contributed by atoms with Crippen LogP contribution in [0, 0.1) is 0 Å². The second-order valence-corrected chi connectivity index (χ2v) is 5.44. The molecule has 116 valence electrons. The van der Waals surface area contributed by atoms with Gasteiger partial charge < -0.3 is 14.6 Å². The van der Waals surface area contributed by atoms with E-state index in [0.29, 0.717) is 6.61 Å². The molecule has 1 N–H and O–H groups in total. The van der Waals surface area contributed by atoms with Gasteiger partial charge in [0.25, 0.3) is 0 Å². The number of aliphatic hydroxyl groups is 1. The number of ether oxygens (including phenoxy) is 2. The van der Waals surface area contributed by atoms with Crippen molar-refractivity contribution in [2.24, 2.45) is 0 Å². The molecule has 0 spiro atoms. The second kappa shape index (κ2) is 6.92. The molecule has 0 aliphatic carbocycles. The Hall–Kier alpha value is -1.88. The Kier molecular flexibility index (Phi) is 4.73. The fraction of sp³-hybridized carbons (Fsp3) is 0.333. The standard InChI is InChI=1S/C18H21NO3/c1-21-16-9-7-15(8-10-16)17-18(20)22-12-11-19(17)13-14-5-3-2-4-6-14/h2-10,17-18,20H,11-13H2,1H3. The molecule has 0 aromatic heterocycles. The summed E-state index contributed by atoms with van der Waals surface area (Å²) in [4.78, 5) is 2.26. The minimum Gasteiger partial charge on any atom is -0.497 e. The van der Waals surface area contributed by atoms with Crippen LogP contribution >= 0.6 is 0 Å². The molecule has 1 heterocycles. The van der Waals surface area contributed by atoms with Crippen LogP contribution in [0.1, 0.15) is 17.2 Å². The second-order valence-electron chi connectivity index (χ2n) is 5.44. The van der Waals surface area contributed by atoms with Crippen molar-refractivity contribution in [3.05, 3.63) is 65.7 Å². The number of methoxy groups -OCH3 is 1. The topological polar surface area (TPSA) is 41.9 Å². The van der Waals surface area contributed by atoms with Crippen LogP contribution in [0.25, 0.3) is 0 Å². The first kappa shape index (κ1) is 15.0. The molecule has 0 bridgehead atoms. The Morgan fingerprint density at radius 3 is 2.55 bits per heavy atom. The van der Waals surface area contributed by atoms with E-state index < -0.39 is 6.29 Å². The molecule has 0 radical (unpaired) electrons. The first-order valence-corrected chi connectivity index (χ1v) is 7.49. The summed E-state index contributed by atoms with van der Waals surface area (Å²) in [5.41, 5.74) is 2.26. The van der Waals surface area contributed by atoms with E-state index in [1.165, 1.54) is 5.56 Å². The average Bonchev–Trinajstić information content (AvgIpc) is 2.56. The van der Waals surface area contributed by atoms with Crippen molar-refractivity contribution in [3.63, 3.8) is 0 Å². The summed E-state index contributed by atoms with van der Waals surface area (Å²) < 4.78 is 10.7. The summed E-state index contributed by atoms with van der Waals surface area (Å²) in [6, 6.07) is 17.9. The molecular weight excluding hydrogens is 278 g/mol. The number of nitrogens with zero attached hydrogens (tertiary/aromatic N) is 1. The molecule has 22 heavy (non-hydrogen) atoms. The van der Waals surface area contributed by atoms with Crippen molar-refractivity contribution in [3.8, 4) is 5.75 Å². The summed E-state index contributed by atoms with van der Waals surface area (Å²) in [5.74, 6) is 0.810. The fourth-order valence-electron chi connectivity index (χ4n) is 2.87. The van der Waals surface area contributed by atoms with Gasteiger partial charge in [0.2, 0.25) is 0 Å². The van der Waals surface area contributed by atoms with Crippen LogP contribution in [0.4, 0.5) is 0 Å². The van der Waals surface area contributed by atoms with E-state index in [9.17, 15) is 5.11 Å². The van der Waals surface area contributed by atoms with E-state index >= 15 is 0 Å². The Labute approximate surface area is 130 Å². The van der Waals surface area contributed by atoms with Crippen LogP contribution in [0.5, 0.6) is 5.75 Å². The molecule has 1 aliphatic heterocycles. The Morgan fingerprint density at radius 2 is 1.86 bits per heavy atom. The lowest BCUT2D eigenvalue weighted by molar-refractivity contribution is -0.184. The summed E-state index contributed by atoms with van der Waals surface area (Å²) in [7, 11) is 1.65. The molecule has 4 nitrogen and oxygen atoms in total. The van der Waals surface area contributed by atoms with E-state index in [0.717, 1.165) is 24.4 Å². The van der Waals surface area contributed by atoms with E-state index in [1.54, 1.807) is 7.11 Å². The van der Waals surface area contributed by atoms with Gasteiger partial charge in [-0.3, -0.25) is 4.90 Å². The quantitative estimate of drug-likeness (QED) is 0.942. The predicted molar refractivity (Wildman–Crippen MR) is 84.5 cm³/mol. The molecule has 2 aromatic carbocycles. The monoisotopic (exact) mass is 299 g/mol. The van der Waals surface area contributed by atoms with Gasteiger partial charge in [0.1, 0.15) is 5.75 Å². The van der Waals surface area contributed by atoms with Crippen molar-refractivity contribution in [1.82, 2.24) is 4.90 Å². The van der Waals surface area contributed by atoms with Crippen molar-refractivity contribution in [2.75, 3.05) is 20.3 Å². The van der Waals surface area contributed by atoms with Crippen LogP contribution in [0.2, 0.25) is 0 Å². The Balaban J connectivity index is 1.83. The molecule has 1 aliphatic rings. The number of benzene rings is 2. The molecule has 0 amide bonds. The smallest absolute Gasteiger partial charge is 0.174 e. The van der Waals surface area contributed by atoms with Gasteiger partial charge in [0, 0.05) is 13.1 Å². The van der Waals surface area contributed by atoms with Crippen LogP contribution in [0.3, 0.4) is 0 Å². The highest BCUT2D eigenvalue weighted by Crippen LogP contribution is 2.30. The molecule has 4 heteroatoms. The van der Waals surface area contributed by atoms with Gasteiger partial charge in [-0.05, 0) is 23.3 Å². The van der Waals surface area contributed by atoms with E-state index in [2.05, 4.69) is 17.0 Å². The van der Waals surface area contributed by atoms with Crippen molar-refractivity contribution < 1.29 is 14.6 Å². The minimum absolute atomic E-state index is 0.167. The summed E-state index contributed by atoms with van der Waals surface area (Å²) in [5, 5.41) is 10.3. The lowest BCUT2D eigenvalue weighted by Gasteiger charge is -2.39.